The normalized spacial score (nSPS) is 12.1. The van der Waals surface area contributed by atoms with Gasteiger partial charge in [0.15, 0.2) is 0 Å². The van der Waals surface area contributed by atoms with Crippen LogP contribution >= 0.6 is 11.3 Å². The van der Waals surface area contributed by atoms with Crippen molar-refractivity contribution >= 4 is 29.0 Å². The standard InChI is InChI=1S/C24H27N3O3S/c1-16-25-21(15-31-16)18-10-12-19(13-11-18)26-22(28)20(14-17-8-6-5-7-9-17)27-23(29)30-24(2,3)4/h5-13,15,20H,14H2,1-4H3,(H,26,28)(H,27,29). The fraction of sp³-hybridized carbons (Fsp3) is 0.292. The number of alkyl carbamates (subject to hydrolysis) is 1. The summed E-state index contributed by atoms with van der Waals surface area (Å²) in [6.45, 7) is 7.31. The number of benzene rings is 2. The summed E-state index contributed by atoms with van der Waals surface area (Å²) in [5.41, 5.74) is 2.82. The van der Waals surface area contributed by atoms with Crippen molar-refractivity contribution in [3.05, 3.63) is 70.5 Å². The van der Waals surface area contributed by atoms with E-state index in [0.717, 1.165) is 21.8 Å². The zero-order valence-corrected chi connectivity index (χ0v) is 19.0. The molecular formula is C24H27N3O3S. The van der Waals surface area contributed by atoms with E-state index < -0.39 is 17.7 Å². The highest BCUT2D eigenvalue weighted by Crippen LogP contribution is 2.23. The molecule has 0 aliphatic rings. The van der Waals surface area contributed by atoms with E-state index in [0.29, 0.717) is 12.1 Å². The Morgan fingerprint density at radius 2 is 1.74 bits per heavy atom. The van der Waals surface area contributed by atoms with Gasteiger partial charge in [0.1, 0.15) is 11.6 Å². The Morgan fingerprint density at radius 3 is 2.32 bits per heavy atom. The van der Waals surface area contributed by atoms with Gasteiger partial charge in [0.25, 0.3) is 0 Å². The summed E-state index contributed by atoms with van der Waals surface area (Å²) >= 11 is 1.60. The van der Waals surface area contributed by atoms with Crippen molar-refractivity contribution in [3.63, 3.8) is 0 Å². The largest absolute Gasteiger partial charge is 0.444 e. The molecule has 0 saturated heterocycles. The van der Waals surface area contributed by atoms with Gasteiger partial charge in [0.05, 0.1) is 10.7 Å². The van der Waals surface area contributed by atoms with Crippen LogP contribution in [0.2, 0.25) is 0 Å². The molecule has 0 radical (unpaired) electrons. The highest BCUT2D eigenvalue weighted by Gasteiger charge is 2.25. The van der Waals surface area contributed by atoms with Crippen molar-refractivity contribution in [2.45, 2.75) is 45.8 Å². The van der Waals surface area contributed by atoms with Gasteiger partial charge < -0.3 is 15.4 Å². The Labute approximate surface area is 186 Å². The second-order valence-corrected chi connectivity index (χ2v) is 9.27. The molecule has 1 heterocycles. The first-order chi connectivity index (χ1) is 14.7. The number of carbonyl (C=O) groups is 2. The molecule has 2 amide bonds. The van der Waals surface area contributed by atoms with Gasteiger partial charge in [-0.3, -0.25) is 4.79 Å². The Balaban J connectivity index is 1.71. The van der Waals surface area contributed by atoms with E-state index in [2.05, 4.69) is 15.6 Å². The van der Waals surface area contributed by atoms with Gasteiger partial charge in [0.2, 0.25) is 5.91 Å². The molecular weight excluding hydrogens is 410 g/mol. The van der Waals surface area contributed by atoms with Crippen LogP contribution in [0.15, 0.2) is 60.0 Å². The highest BCUT2D eigenvalue weighted by atomic mass is 32.1. The molecule has 7 heteroatoms. The van der Waals surface area contributed by atoms with Gasteiger partial charge in [-0.2, -0.15) is 0 Å². The molecule has 0 saturated carbocycles. The number of rotatable bonds is 6. The van der Waals surface area contributed by atoms with Crippen LogP contribution in [0.5, 0.6) is 0 Å². The summed E-state index contributed by atoms with van der Waals surface area (Å²) in [6, 6.07) is 16.2. The quantitative estimate of drug-likeness (QED) is 0.556. The lowest BCUT2D eigenvalue weighted by Gasteiger charge is -2.23. The SMILES string of the molecule is Cc1nc(-c2ccc(NC(=O)C(Cc3ccccc3)NC(=O)OC(C)(C)C)cc2)cs1. The Hall–Kier alpha value is -3.19. The van der Waals surface area contributed by atoms with Crippen LogP contribution in [0.4, 0.5) is 10.5 Å². The number of hydrogen-bond acceptors (Lipinski definition) is 5. The number of aryl methyl sites for hydroxylation is 1. The molecule has 1 atom stereocenters. The van der Waals surface area contributed by atoms with Gasteiger partial charge >= 0.3 is 6.09 Å². The average molecular weight is 438 g/mol. The monoisotopic (exact) mass is 437 g/mol. The van der Waals surface area contributed by atoms with Crippen LogP contribution < -0.4 is 10.6 Å². The molecule has 2 aromatic carbocycles. The lowest BCUT2D eigenvalue weighted by Crippen LogP contribution is -2.47. The van der Waals surface area contributed by atoms with Crippen LogP contribution in [-0.4, -0.2) is 28.6 Å². The second kappa shape index (κ2) is 9.75. The van der Waals surface area contributed by atoms with Crippen LogP contribution in [0.3, 0.4) is 0 Å². The Morgan fingerprint density at radius 1 is 1.06 bits per heavy atom. The summed E-state index contributed by atoms with van der Waals surface area (Å²) in [7, 11) is 0. The van der Waals surface area contributed by atoms with Crippen molar-refractivity contribution in [1.29, 1.82) is 0 Å². The van der Waals surface area contributed by atoms with Gasteiger partial charge in [-0.15, -0.1) is 11.3 Å². The summed E-state index contributed by atoms with van der Waals surface area (Å²) in [6.07, 6.45) is -0.278. The van der Waals surface area contributed by atoms with Crippen molar-refractivity contribution in [3.8, 4) is 11.3 Å². The molecule has 1 unspecified atom stereocenters. The van der Waals surface area contributed by atoms with E-state index in [1.54, 1.807) is 32.1 Å². The lowest BCUT2D eigenvalue weighted by molar-refractivity contribution is -0.118. The minimum Gasteiger partial charge on any atom is -0.444 e. The first-order valence-electron chi connectivity index (χ1n) is 10.1. The van der Waals surface area contributed by atoms with E-state index in [-0.39, 0.29) is 5.91 Å². The zero-order chi connectivity index (χ0) is 22.4. The van der Waals surface area contributed by atoms with Gasteiger partial charge in [0, 0.05) is 23.1 Å². The van der Waals surface area contributed by atoms with Crippen molar-refractivity contribution in [2.75, 3.05) is 5.32 Å². The lowest BCUT2D eigenvalue weighted by atomic mass is 10.1. The maximum absolute atomic E-state index is 13.0. The van der Waals surface area contributed by atoms with Crippen LogP contribution in [0.25, 0.3) is 11.3 Å². The Kier molecular flexibility index (Phi) is 7.07. The molecule has 2 N–H and O–H groups in total. The first-order valence-corrected chi connectivity index (χ1v) is 10.9. The average Bonchev–Trinajstić information content (AvgIpc) is 3.14. The van der Waals surface area contributed by atoms with E-state index in [4.69, 9.17) is 4.74 Å². The molecule has 0 aliphatic carbocycles. The summed E-state index contributed by atoms with van der Waals surface area (Å²) in [4.78, 5) is 29.8. The molecule has 0 bridgehead atoms. The zero-order valence-electron chi connectivity index (χ0n) is 18.1. The summed E-state index contributed by atoms with van der Waals surface area (Å²) < 4.78 is 5.34. The number of hydrogen-bond donors (Lipinski definition) is 2. The molecule has 31 heavy (non-hydrogen) atoms. The predicted octanol–water partition coefficient (Wildman–Crippen LogP) is 5.19. The minimum absolute atomic E-state index is 0.313. The molecule has 0 aliphatic heterocycles. The molecule has 162 valence electrons. The number of nitrogens with zero attached hydrogens (tertiary/aromatic N) is 1. The molecule has 6 nitrogen and oxygen atoms in total. The van der Waals surface area contributed by atoms with E-state index in [1.165, 1.54) is 0 Å². The van der Waals surface area contributed by atoms with Gasteiger partial charge in [-0.1, -0.05) is 42.5 Å². The fourth-order valence-corrected chi connectivity index (χ4v) is 3.58. The number of carbonyl (C=O) groups excluding carboxylic acids is 2. The number of nitrogens with one attached hydrogen (secondary N) is 2. The number of ether oxygens (including phenoxy) is 1. The smallest absolute Gasteiger partial charge is 0.408 e. The Bertz CT molecular complexity index is 1020. The minimum atomic E-state index is -0.780. The van der Waals surface area contributed by atoms with Gasteiger partial charge in [-0.05, 0) is 45.4 Å². The maximum atomic E-state index is 13.0. The van der Waals surface area contributed by atoms with Crippen LogP contribution in [-0.2, 0) is 16.0 Å². The van der Waals surface area contributed by atoms with E-state index in [9.17, 15) is 9.59 Å². The summed E-state index contributed by atoms with van der Waals surface area (Å²) in [5, 5.41) is 8.60. The first kappa shape index (κ1) is 22.5. The number of thiazole rings is 1. The van der Waals surface area contributed by atoms with Gasteiger partial charge in [-0.25, -0.2) is 9.78 Å². The van der Waals surface area contributed by atoms with Crippen molar-refractivity contribution in [2.24, 2.45) is 0 Å². The third kappa shape index (κ3) is 6.93. The van der Waals surface area contributed by atoms with E-state index in [1.807, 2.05) is 66.9 Å². The number of amides is 2. The van der Waals surface area contributed by atoms with Crippen LogP contribution in [0, 0.1) is 6.92 Å². The summed E-state index contributed by atoms with van der Waals surface area (Å²) in [5.74, 6) is -0.313. The molecule has 0 spiro atoms. The third-order valence-corrected chi connectivity index (χ3v) is 5.13. The highest BCUT2D eigenvalue weighted by molar-refractivity contribution is 7.09. The number of aromatic nitrogens is 1. The molecule has 3 rings (SSSR count). The predicted molar refractivity (Wildman–Crippen MR) is 124 cm³/mol. The second-order valence-electron chi connectivity index (χ2n) is 8.21. The molecule has 1 aromatic heterocycles. The molecule has 3 aromatic rings. The maximum Gasteiger partial charge on any atom is 0.408 e. The van der Waals surface area contributed by atoms with Crippen molar-refractivity contribution in [1.82, 2.24) is 10.3 Å². The van der Waals surface area contributed by atoms with Crippen LogP contribution in [0.1, 0.15) is 31.3 Å². The third-order valence-electron chi connectivity index (χ3n) is 4.36. The van der Waals surface area contributed by atoms with Crippen molar-refractivity contribution < 1.29 is 14.3 Å². The fourth-order valence-electron chi connectivity index (χ4n) is 2.96. The van der Waals surface area contributed by atoms with E-state index >= 15 is 0 Å². The molecule has 0 fully saturated rings. The number of anilines is 1. The topological polar surface area (TPSA) is 80.3 Å².